The van der Waals surface area contributed by atoms with Gasteiger partial charge in [0.05, 0.1) is 17.3 Å². The third-order valence-electron chi connectivity index (χ3n) is 9.50. The fourth-order valence-corrected chi connectivity index (χ4v) is 6.27. The second-order valence-corrected chi connectivity index (χ2v) is 15.1. The zero-order valence-electron chi connectivity index (χ0n) is 35.5. The van der Waals surface area contributed by atoms with Gasteiger partial charge >= 0.3 is 30.0 Å². The molecule has 1 unspecified atom stereocenters. The first kappa shape index (κ1) is 52.2. The number of nitrogens with zero attached hydrogens (tertiary/aromatic N) is 3. The van der Waals surface area contributed by atoms with Crippen LogP contribution in [0, 0.1) is 27.9 Å². The zero-order valence-corrected chi connectivity index (χ0v) is 35.5. The lowest BCUT2D eigenvalue weighted by Gasteiger charge is -2.32. The van der Waals surface area contributed by atoms with Gasteiger partial charge in [0, 0.05) is 38.6 Å². The van der Waals surface area contributed by atoms with Gasteiger partial charge < -0.3 is 51.1 Å². The Labute approximate surface area is 360 Å². The van der Waals surface area contributed by atoms with E-state index in [9.17, 15) is 68.3 Å². The maximum absolute atomic E-state index is 14.0. The van der Waals surface area contributed by atoms with Gasteiger partial charge in [-0.2, -0.15) is 0 Å². The smallest absolute Gasteiger partial charge is 0.432 e. The molecule has 1 fully saturated rings. The Morgan fingerprint density at radius 3 is 1.92 bits per heavy atom. The summed E-state index contributed by atoms with van der Waals surface area (Å²) < 4.78 is 5.22. The molecule has 0 aromatic heterocycles. The molecule has 1 saturated heterocycles. The molecule has 0 bridgehead atoms. The number of nitro groups is 1. The monoisotopic (exact) mass is 894 g/mol. The molecule has 1 aromatic carbocycles. The van der Waals surface area contributed by atoms with Gasteiger partial charge in [-0.3, -0.25) is 48.5 Å². The molecule has 8 N–H and O–H groups in total. The minimum absolute atomic E-state index is 0.0184. The normalized spacial score (nSPS) is 15.7. The molecule has 1 aromatic rings. The number of carbonyl (C=O) groups is 10. The van der Waals surface area contributed by atoms with Crippen LogP contribution in [-0.2, 0) is 48.0 Å². The molecule has 1 aliphatic heterocycles. The number of ether oxygens (including phenoxy) is 1. The van der Waals surface area contributed by atoms with Crippen molar-refractivity contribution in [3.05, 3.63) is 34.4 Å². The lowest BCUT2D eigenvalue weighted by Crippen LogP contribution is -2.62. The standard InChI is InChI=1S/C38H54N8O17/c1-7-16-45(38(59)62-23-12-10-22(11-13-23)46(60)61)43-63-37(58)26-9-8-17-44(26)35(55)30(20(4)5)41-33(53)29(19(2)3)40-34(54)31(24(36(56)57)18-28(50)51)42-32(52)25(39-21(6)47)14-15-27(48)49/h10-13,19-20,24-26,29-31,43H,7-9,14-18H2,1-6H3,(H,39,47)(H,40,54)(H,41,53)(H,42,52)(H,48,49)(H,50,51)(H,56,57)/t24?,25-,26+,29+,30+,31-/m1/s1. The fourth-order valence-electron chi connectivity index (χ4n) is 6.27. The number of carboxylic acid groups (broad SMARTS) is 3. The van der Waals surface area contributed by atoms with Gasteiger partial charge in [-0.25, -0.2) is 14.6 Å². The van der Waals surface area contributed by atoms with E-state index < -0.39 is 132 Å². The Kier molecular flexibility index (Phi) is 20.3. The Hall–Kier alpha value is -6.92. The average Bonchev–Trinajstić information content (AvgIpc) is 3.70. The Balaban J connectivity index is 2.28. The molecule has 0 saturated carbocycles. The van der Waals surface area contributed by atoms with Crippen molar-refractivity contribution >= 4 is 65.2 Å². The number of carboxylic acids is 3. The topological polar surface area (TPSA) is 360 Å². The van der Waals surface area contributed by atoms with Crippen LogP contribution in [0.2, 0.25) is 0 Å². The number of hydrogen-bond acceptors (Lipinski definition) is 15. The minimum atomic E-state index is -2.17. The van der Waals surface area contributed by atoms with Crippen LogP contribution in [0.5, 0.6) is 5.75 Å². The second kappa shape index (κ2) is 24.5. The molecule has 25 nitrogen and oxygen atoms in total. The number of benzene rings is 1. The molecule has 2 rings (SSSR count). The molecule has 0 aliphatic carbocycles. The summed E-state index contributed by atoms with van der Waals surface area (Å²) in [6.45, 7) is 8.90. The van der Waals surface area contributed by atoms with Crippen LogP contribution in [0.1, 0.15) is 80.1 Å². The first-order valence-electron chi connectivity index (χ1n) is 19.8. The van der Waals surface area contributed by atoms with E-state index in [1.807, 2.05) is 0 Å². The highest BCUT2D eigenvalue weighted by molar-refractivity contribution is 5.98. The third-order valence-corrected chi connectivity index (χ3v) is 9.50. The summed E-state index contributed by atoms with van der Waals surface area (Å²) in [6, 6.07) is -3.18. The number of likely N-dealkylation sites (tertiary alicyclic amines) is 1. The molecule has 348 valence electrons. The number of carbonyl (C=O) groups excluding carboxylic acids is 7. The molecule has 63 heavy (non-hydrogen) atoms. The van der Waals surface area contributed by atoms with Crippen molar-refractivity contribution in [2.24, 2.45) is 17.8 Å². The van der Waals surface area contributed by atoms with Crippen molar-refractivity contribution < 1.29 is 77.8 Å². The Morgan fingerprint density at radius 1 is 0.841 bits per heavy atom. The summed E-state index contributed by atoms with van der Waals surface area (Å²) in [5.41, 5.74) is 1.98. The SMILES string of the molecule is CCCN(NOC(=O)[C@@H]1CCCN1C(=O)[C@@H](NC(=O)[C@@H](NC(=O)[C@H](NC(=O)[C@@H](CCC(=O)O)NC(C)=O)C(CC(=O)O)C(=O)O)C(C)C)C(C)C)C(=O)Oc1ccc([N+](=O)[O-])cc1. The lowest BCUT2D eigenvalue weighted by atomic mass is 9.93. The van der Waals surface area contributed by atoms with E-state index in [-0.39, 0.29) is 30.9 Å². The highest BCUT2D eigenvalue weighted by Gasteiger charge is 2.43. The van der Waals surface area contributed by atoms with Gasteiger partial charge in [0.2, 0.25) is 29.5 Å². The first-order chi connectivity index (χ1) is 29.5. The number of aliphatic carboxylic acids is 3. The van der Waals surface area contributed by atoms with E-state index >= 15 is 0 Å². The van der Waals surface area contributed by atoms with Crippen LogP contribution in [0.15, 0.2) is 24.3 Å². The number of rotatable bonds is 24. The average molecular weight is 895 g/mol. The van der Waals surface area contributed by atoms with Crippen LogP contribution >= 0.6 is 0 Å². The van der Waals surface area contributed by atoms with Crippen molar-refractivity contribution in [1.29, 1.82) is 0 Å². The maximum Gasteiger partial charge on any atom is 0.432 e. The van der Waals surface area contributed by atoms with Crippen LogP contribution in [-0.4, -0.2) is 133 Å². The molecule has 0 spiro atoms. The Morgan fingerprint density at radius 2 is 1.41 bits per heavy atom. The van der Waals surface area contributed by atoms with Gasteiger partial charge in [0.1, 0.15) is 36.0 Å². The molecular formula is C38H54N8O17. The summed E-state index contributed by atoms with van der Waals surface area (Å²) in [5, 5.41) is 49.4. The van der Waals surface area contributed by atoms with E-state index in [2.05, 4.69) is 26.9 Å². The predicted molar refractivity (Wildman–Crippen MR) is 213 cm³/mol. The van der Waals surface area contributed by atoms with Crippen LogP contribution in [0.25, 0.3) is 0 Å². The second-order valence-electron chi connectivity index (χ2n) is 15.1. The third kappa shape index (κ3) is 16.1. The largest absolute Gasteiger partial charge is 0.481 e. The van der Waals surface area contributed by atoms with Crippen molar-refractivity contribution in [2.45, 2.75) is 110 Å². The van der Waals surface area contributed by atoms with Crippen LogP contribution < -0.4 is 31.6 Å². The zero-order chi connectivity index (χ0) is 47.7. The van der Waals surface area contributed by atoms with Crippen molar-refractivity contribution in [2.75, 3.05) is 13.1 Å². The van der Waals surface area contributed by atoms with Gasteiger partial charge in [-0.1, -0.05) is 40.2 Å². The van der Waals surface area contributed by atoms with Crippen LogP contribution in [0.4, 0.5) is 10.5 Å². The van der Waals surface area contributed by atoms with E-state index in [0.717, 1.165) is 24.1 Å². The summed E-state index contributed by atoms with van der Waals surface area (Å²) >= 11 is 0. The number of nitro benzene ring substituents is 1. The number of non-ortho nitro benzene ring substituents is 1. The van der Waals surface area contributed by atoms with Gasteiger partial charge in [0.25, 0.3) is 5.69 Å². The summed E-state index contributed by atoms with van der Waals surface area (Å²) in [4.78, 5) is 145. The molecule has 1 heterocycles. The van der Waals surface area contributed by atoms with Gasteiger partial charge in [-0.05, 0) is 49.7 Å². The Bertz CT molecular complexity index is 1870. The van der Waals surface area contributed by atoms with Crippen molar-refractivity contribution in [1.82, 2.24) is 36.8 Å². The van der Waals surface area contributed by atoms with E-state index in [1.54, 1.807) is 20.8 Å². The quantitative estimate of drug-likeness (QED) is 0.0503. The number of hydrazine groups is 1. The first-order valence-corrected chi connectivity index (χ1v) is 19.8. The van der Waals surface area contributed by atoms with Gasteiger partial charge in [0.15, 0.2) is 0 Å². The van der Waals surface area contributed by atoms with Crippen molar-refractivity contribution in [3.63, 3.8) is 0 Å². The van der Waals surface area contributed by atoms with Gasteiger partial charge in [-0.15, -0.1) is 0 Å². The highest BCUT2D eigenvalue weighted by Crippen LogP contribution is 2.23. The molecule has 25 heteroatoms. The summed E-state index contributed by atoms with van der Waals surface area (Å²) in [6.07, 6.45) is -2.49. The maximum atomic E-state index is 14.0. The van der Waals surface area contributed by atoms with Crippen LogP contribution in [0.3, 0.4) is 0 Å². The highest BCUT2D eigenvalue weighted by atomic mass is 16.7. The number of nitrogens with one attached hydrogen (secondary N) is 5. The lowest BCUT2D eigenvalue weighted by molar-refractivity contribution is -0.384. The number of hydrogen-bond donors (Lipinski definition) is 8. The molecule has 0 radical (unpaired) electrons. The van der Waals surface area contributed by atoms with E-state index in [4.69, 9.17) is 14.7 Å². The van der Waals surface area contributed by atoms with E-state index in [0.29, 0.717) is 12.8 Å². The van der Waals surface area contributed by atoms with Crippen molar-refractivity contribution in [3.8, 4) is 5.75 Å². The molecule has 6 amide bonds. The number of amides is 6. The molecule has 6 atom stereocenters. The summed E-state index contributed by atoms with van der Waals surface area (Å²) in [7, 11) is 0. The summed E-state index contributed by atoms with van der Waals surface area (Å²) in [5.74, 6) is -14.4. The fraction of sp³-hybridized carbons (Fsp3) is 0.579. The molecular weight excluding hydrogens is 840 g/mol. The minimum Gasteiger partial charge on any atom is -0.481 e. The molecule has 1 aliphatic rings. The predicted octanol–water partition coefficient (Wildman–Crippen LogP) is 0.0708. The van der Waals surface area contributed by atoms with E-state index in [1.165, 1.54) is 30.9 Å².